The minimum Gasteiger partial charge on any atom is -0.391 e. The van der Waals surface area contributed by atoms with Gasteiger partial charge in [-0.15, -0.1) is 0 Å². The van der Waals surface area contributed by atoms with E-state index in [1.807, 2.05) is 0 Å². The van der Waals surface area contributed by atoms with Crippen molar-refractivity contribution < 1.29 is 5.11 Å². The van der Waals surface area contributed by atoms with Gasteiger partial charge in [-0.25, -0.2) is 0 Å². The van der Waals surface area contributed by atoms with E-state index in [1.54, 1.807) is 0 Å². The van der Waals surface area contributed by atoms with Crippen LogP contribution < -0.4 is 0 Å². The third kappa shape index (κ3) is 3.98. The van der Waals surface area contributed by atoms with Gasteiger partial charge in [-0.3, -0.25) is 4.90 Å². The third-order valence-electron chi connectivity index (χ3n) is 5.66. The molecule has 0 spiro atoms. The summed E-state index contributed by atoms with van der Waals surface area (Å²) in [6.07, 6.45) is 16.7. The van der Waals surface area contributed by atoms with Crippen molar-refractivity contribution in [3.8, 4) is 0 Å². The predicted octanol–water partition coefficient (Wildman–Crippen LogP) is 4.51. The maximum atomic E-state index is 10.9. The van der Waals surface area contributed by atoms with E-state index in [4.69, 9.17) is 0 Å². The van der Waals surface area contributed by atoms with Gasteiger partial charge in [0.05, 0.1) is 6.10 Å². The van der Waals surface area contributed by atoms with Crippen LogP contribution in [0.2, 0.25) is 0 Å². The van der Waals surface area contributed by atoms with Crippen molar-refractivity contribution in [3.05, 3.63) is 0 Å². The van der Waals surface area contributed by atoms with Crippen LogP contribution in [0.25, 0.3) is 0 Å². The number of aliphatic hydroxyl groups excluding tert-OH is 1. The molecule has 1 unspecified atom stereocenters. The fraction of sp³-hybridized carbons (Fsp3) is 1.00. The second-order valence-corrected chi connectivity index (χ2v) is 7.08. The molecule has 1 aliphatic carbocycles. The molecule has 0 aromatic rings. The molecule has 2 aliphatic rings. The molecule has 1 aliphatic heterocycles. The number of hydrogen-bond donors (Lipinski definition) is 1. The summed E-state index contributed by atoms with van der Waals surface area (Å²) in [6.45, 7) is 4.72. The Hall–Kier alpha value is -0.0800. The van der Waals surface area contributed by atoms with Gasteiger partial charge in [0.15, 0.2) is 0 Å². The maximum Gasteiger partial charge on any atom is 0.0723 e. The fourth-order valence-corrected chi connectivity index (χ4v) is 4.40. The Morgan fingerprint density at radius 3 is 2.20 bits per heavy atom. The molecular weight excluding hydrogens is 246 g/mol. The first-order chi connectivity index (χ1) is 9.79. The summed E-state index contributed by atoms with van der Waals surface area (Å²) >= 11 is 0. The smallest absolute Gasteiger partial charge is 0.0723 e. The summed E-state index contributed by atoms with van der Waals surface area (Å²) in [6, 6.07) is 0. The summed E-state index contributed by atoms with van der Waals surface area (Å²) in [4.78, 5) is 2.67. The maximum absolute atomic E-state index is 10.9. The molecule has 1 atom stereocenters. The standard InChI is InChI=1S/C18H35NO/c1-2-3-4-5-7-12-17(20)18(13-8-9-14-18)19-15-10-6-11-16-19/h17,20H,2-16H2,1H3. The molecule has 0 aromatic carbocycles. The Bertz CT molecular complexity index is 254. The molecule has 0 aromatic heterocycles. The van der Waals surface area contributed by atoms with Crippen molar-refractivity contribution in [2.75, 3.05) is 13.1 Å². The Morgan fingerprint density at radius 2 is 1.55 bits per heavy atom. The van der Waals surface area contributed by atoms with E-state index in [2.05, 4.69) is 11.8 Å². The molecule has 0 amide bonds. The van der Waals surface area contributed by atoms with E-state index in [1.165, 1.54) is 90.1 Å². The van der Waals surface area contributed by atoms with Crippen molar-refractivity contribution >= 4 is 0 Å². The van der Waals surface area contributed by atoms with Crippen LogP contribution in [0.15, 0.2) is 0 Å². The Kier molecular flexibility index (Phi) is 6.83. The molecular formula is C18H35NO. The summed E-state index contributed by atoms with van der Waals surface area (Å²) in [7, 11) is 0. The first-order valence-electron chi connectivity index (χ1n) is 9.23. The zero-order valence-electron chi connectivity index (χ0n) is 13.6. The molecule has 0 bridgehead atoms. The molecule has 2 nitrogen and oxygen atoms in total. The topological polar surface area (TPSA) is 23.5 Å². The van der Waals surface area contributed by atoms with Gasteiger partial charge >= 0.3 is 0 Å². The van der Waals surface area contributed by atoms with Crippen molar-refractivity contribution in [1.82, 2.24) is 4.90 Å². The number of likely N-dealkylation sites (tertiary alicyclic amines) is 1. The summed E-state index contributed by atoms with van der Waals surface area (Å²) in [5.41, 5.74) is 0.158. The molecule has 1 heterocycles. The first kappa shape index (κ1) is 16.3. The average molecular weight is 281 g/mol. The van der Waals surface area contributed by atoms with Crippen LogP contribution >= 0.6 is 0 Å². The van der Waals surface area contributed by atoms with E-state index in [-0.39, 0.29) is 11.6 Å². The number of hydrogen-bond acceptors (Lipinski definition) is 2. The molecule has 2 fully saturated rings. The number of piperidine rings is 1. The minimum atomic E-state index is -0.0790. The van der Waals surface area contributed by atoms with Gasteiger partial charge in [-0.1, -0.05) is 58.3 Å². The van der Waals surface area contributed by atoms with Crippen molar-refractivity contribution in [2.24, 2.45) is 0 Å². The summed E-state index contributed by atoms with van der Waals surface area (Å²) < 4.78 is 0. The van der Waals surface area contributed by atoms with Gasteiger partial charge in [0, 0.05) is 5.54 Å². The number of unbranched alkanes of at least 4 members (excludes halogenated alkanes) is 4. The van der Waals surface area contributed by atoms with Crippen molar-refractivity contribution in [3.63, 3.8) is 0 Å². The molecule has 118 valence electrons. The van der Waals surface area contributed by atoms with Gasteiger partial charge in [-0.05, 0) is 45.2 Å². The SMILES string of the molecule is CCCCCCCC(O)C1(N2CCCCC2)CCCC1. The normalized spacial score (nSPS) is 24.9. The van der Waals surface area contributed by atoms with Crippen LogP contribution in [-0.4, -0.2) is 34.7 Å². The summed E-state index contributed by atoms with van der Waals surface area (Å²) in [5, 5.41) is 10.9. The molecule has 1 saturated heterocycles. The molecule has 1 saturated carbocycles. The lowest BCUT2D eigenvalue weighted by atomic mass is 9.84. The van der Waals surface area contributed by atoms with E-state index >= 15 is 0 Å². The number of aliphatic hydroxyl groups is 1. The van der Waals surface area contributed by atoms with E-state index in [0.717, 1.165) is 6.42 Å². The Balaban J connectivity index is 1.83. The molecule has 2 heteroatoms. The van der Waals surface area contributed by atoms with Gasteiger partial charge in [0.1, 0.15) is 0 Å². The van der Waals surface area contributed by atoms with Crippen LogP contribution in [0.5, 0.6) is 0 Å². The highest BCUT2D eigenvalue weighted by atomic mass is 16.3. The quantitative estimate of drug-likeness (QED) is 0.662. The largest absolute Gasteiger partial charge is 0.391 e. The van der Waals surface area contributed by atoms with E-state index in [9.17, 15) is 5.11 Å². The van der Waals surface area contributed by atoms with Crippen molar-refractivity contribution in [2.45, 2.75) is 102 Å². The van der Waals surface area contributed by atoms with Crippen molar-refractivity contribution in [1.29, 1.82) is 0 Å². The highest BCUT2D eigenvalue weighted by Gasteiger charge is 2.44. The van der Waals surface area contributed by atoms with Crippen LogP contribution in [-0.2, 0) is 0 Å². The van der Waals surface area contributed by atoms with Gasteiger partial charge in [-0.2, -0.15) is 0 Å². The number of rotatable bonds is 8. The lowest BCUT2D eigenvalue weighted by molar-refractivity contribution is -0.0430. The lowest BCUT2D eigenvalue weighted by Gasteiger charge is -2.46. The molecule has 2 rings (SSSR count). The van der Waals surface area contributed by atoms with Gasteiger partial charge in [0.2, 0.25) is 0 Å². The first-order valence-corrected chi connectivity index (χ1v) is 9.23. The predicted molar refractivity (Wildman–Crippen MR) is 86.0 cm³/mol. The molecule has 1 N–H and O–H groups in total. The van der Waals surface area contributed by atoms with Gasteiger partial charge < -0.3 is 5.11 Å². The Labute approximate surface area is 125 Å². The van der Waals surface area contributed by atoms with Crippen LogP contribution in [0.4, 0.5) is 0 Å². The van der Waals surface area contributed by atoms with E-state index < -0.39 is 0 Å². The van der Waals surface area contributed by atoms with E-state index in [0.29, 0.717) is 0 Å². The van der Waals surface area contributed by atoms with Crippen LogP contribution in [0, 0.1) is 0 Å². The zero-order valence-corrected chi connectivity index (χ0v) is 13.6. The zero-order chi connectivity index (χ0) is 14.3. The second-order valence-electron chi connectivity index (χ2n) is 7.08. The Morgan fingerprint density at radius 1 is 0.900 bits per heavy atom. The monoisotopic (exact) mass is 281 g/mol. The lowest BCUT2D eigenvalue weighted by Crippen LogP contribution is -2.56. The van der Waals surface area contributed by atoms with Crippen LogP contribution in [0.3, 0.4) is 0 Å². The summed E-state index contributed by atoms with van der Waals surface area (Å²) in [5.74, 6) is 0. The third-order valence-corrected chi connectivity index (χ3v) is 5.66. The highest BCUT2D eigenvalue weighted by molar-refractivity contribution is 5.01. The number of nitrogens with zero attached hydrogens (tertiary/aromatic N) is 1. The van der Waals surface area contributed by atoms with Crippen LogP contribution in [0.1, 0.15) is 90.4 Å². The highest BCUT2D eigenvalue weighted by Crippen LogP contribution is 2.41. The molecule has 0 radical (unpaired) electrons. The molecule has 20 heavy (non-hydrogen) atoms. The average Bonchev–Trinajstić information content (AvgIpc) is 2.99. The van der Waals surface area contributed by atoms with Gasteiger partial charge in [0.25, 0.3) is 0 Å². The minimum absolute atomic E-state index is 0.0790. The fourth-order valence-electron chi connectivity index (χ4n) is 4.40. The second kappa shape index (κ2) is 8.38.